The summed E-state index contributed by atoms with van der Waals surface area (Å²) in [5.41, 5.74) is 1.07. The summed E-state index contributed by atoms with van der Waals surface area (Å²) in [5.74, 6) is -3.41. The van der Waals surface area contributed by atoms with E-state index in [1.807, 2.05) is 0 Å². The Labute approximate surface area is 164 Å². The monoisotopic (exact) mass is 413 g/mol. The van der Waals surface area contributed by atoms with E-state index in [1.54, 1.807) is 37.6 Å². The summed E-state index contributed by atoms with van der Waals surface area (Å²) in [7, 11) is 0. The number of nitrogens with zero attached hydrogens (tertiary/aromatic N) is 4. The predicted molar refractivity (Wildman–Crippen MR) is 102 cm³/mol. The largest absolute Gasteiger partial charge is 0.303 e. The molecule has 10 heteroatoms. The van der Waals surface area contributed by atoms with Crippen molar-refractivity contribution in [3.05, 3.63) is 35.9 Å². The Hall–Kier alpha value is -2.00. The van der Waals surface area contributed by atoms with Crippen LogP contribution in [-0.2, 0) is 4.79 Å². The number of alkyl halides is 2. The molecule has 27 heavy (non-hydrogen) atoms. The number of carbonyl (C=O) groups excluding carboxylic acids is 1. The van der Waals surface area contributed by atoms with Crippen LogP contribution in [0.3, 0.4) is 0 Å². The number of hydrogen-bond donors (Lipinski definition) is 1. The summed E-state index contributed by atoms with van der Waals surface area (Å²) in [4.78, 5) is 18.0. The molecular formula is C17H18ClF2N5OS. The first-order valence-electron chi connectivity index (χ1n) is 8.40. The van der Waals surface area contributed by atoms with E-state index < -0.39 is 17.7 Å². The first-order chi connectivity index (χ1) is 12.8. The molecule has 1 atom stereocenters. The van der Waals surface area contributed by atoms with E-state index in [-0.39, 0.29) is 16.6 Å². The van der Waals surface area contributed by atoms with Crippen molar-refractivity contribution in [2.45, 2.75) is 25.7 Å². The Morgan fingerprint density at radius 3 is 2.89 bits per heavy atom. The lowest BCUT2D eigenvalue weighted by molar-refractivity contribution is -0.112. The van der Waals surface area contributed by atoms with Gasteiger partial charge in [0.05, 0.1) is 18.1 Å². The molecule has 0 aliphatic heterocycles. The van der Waals surface area contributed by atoms with Crippen LogP contribution in [-0.4, -0.2) is 43.9 Å². The Balaban J connectivity index is 1.66. The molecule has 0 radical (unpaired) electrons. The number of thioether (sulfide) groups is 1. The van der Waals surface area contributed by atoms with E-state index in [0.29, 0.717) is 30.1 Å². The molecular weight excluding hydrogens is 396 g/mol. The maximum absolute atomic E-state index is 12.9. The molecule has 1 N–H and O–H groups in total. The quantitative estimate of drug-likeness (QED) is 0.573. The van der Waals surface area contributed by atoms with E-state index >= 15 is 0 Å². The van der Waals surface area contributed by atoms with Crippen LogP contribution < -0.4 is 4.90 Å². The van der Waals surface area contributed by atoms with Gasteiger partial charge < -0.3 is 4.90 Å². The Morgan fingerprint density at radius 1 is 1.56 bits per heavy atom. The van der Waals surface area contributed by atoms with Gasteiger partial charge >= 0.3 is 0 Å². The van der Waals surface area contributed by atoms with Gasteiger partial charge in [-0.15, -0.1) is 11.8 Å². The summed E-state index contributed by atoms with van der Waals surface area (Å²) in [6, 6.07) is 3.55. The summed E-state index contributed by atoms with van der Waals surface area (Å²) in [5, 5.41) is 12.1. The van der Waals surface area contributed by atoms with E-state index in [4.69, 9.17) is 17.0 Å². The zero-order valence-corrected chi connectivity index (χ0v) is 16.1. The van der Waals surface area contributed by atoms with Crippen molar-refractivity contribution in [2.24, 2.45) is 5.92 Å². The maximum Gasteiger partial charge on any atom is 0.282 e. The third-order valence-electron chi connectivity index (χ3n) is 4.28. The molecule has 6 nitrogen and oxygen atoms in total. The highest BCUT2D eigenvalue weighted by Gasteiger charge is 2.55. The number of aromatic nitrogens is 3. The van der Waals surface area contributed by atoms with Crippen LogP contribution in [0.2, 0.25) is 5.15 Å². The molecule has 144 valence electrons. The van der Waals surface area contributed by atoms with Crippen LogP contribution in [0, 0.1) is 11.3 Å². The number of rotatable bonds is 6. The highest BCUT2D eigenvalue weighted by molar-refractivity contribution is 8.15. The normalized spacial score (nSPS) is 17.6. The van der Waals surface area contributed by atoms with E-state index in [9.17, 15) is 13.6 Å². The third-order valence-corrected chi connectivity index (χ3v) is 5.45. The molecule has 2 heterocycles. The van der Waals surface area contributed by atoms with Gasteiger partial charge in [0.15, 0.2) is 10.2 Å². The minimum atomic E-state index is -2.57. The molecule has 0 saturated heterocycles. The summed E-state index contributed by atoms with van der Waals surface area (Å²) < 4.78 is 27.3. The Morgan fingerprint density at radius 2 is 2.30 bits per heavy atom. The fourth-order valence-corrected chi connectivity index (χ4v) is 3.71. The third kappa shape index (κ3) is 4.47. The maximum atomic E-state index is 12.9. The van der Waals surface area contributed by atoms with Crippen molar-refractivity contribution in [3.63, 3.8) is 0 Å². The van der Waals surface area contributed by atoms with Gasteiger partial charge in [-0.05, 0) is 25.5 Å². The van der Waals surface area contributed by atoms with Gasteiger partial charge in [-0.2, -0.15) is 5.10 Å². The first kappa shape index (κ1) is 19.8. The van der Waals surface area contributed by atoms with Crippen LogP contribution in [0.4, 0.5) is 14.5 Å². The number of anilines is 1. The SMILES string of the molecule is CCN(C(=O)C(=N)SCCC1CC1(F)F)c1cn(-c2cccnc2)nc1Cl. The molecule has 2 aromatic rings. The van der Waals surface area contributed by atoms with Gasteiger partial charge in [0.25, 0.3) is 11.8 Å². The van der Waals surface area contributed by atoms with Gasteiger partial charge in [-0.3, -0.25) is 15.2 Å². The molecule has 1 saturated carbocycles. The van der Waals surface area contributed by atoms with Crippen LogP contribution in [0.5, 0.6) is 0 Å². The highest BCUT2D eigenvalue weighted by Crippen LogP contribution is 2.51. The molecule has 0 spiro atoms. The summed E-state index contributed by atoms with van der Waals surface area (Å²) >= 11 is 7.18. The zero-order valence-electron chi connectivity index (χ0n) is 14.5. The second-order valence-electron chi connectivity index (χ2n) is 6.14. The number of amides is 1. The van der Waals surface area contributed by atoms with Crippen molar-refractivity contribution in [2.75, 3.05) is 17.2 Å². The van der Waals surface area contributed by atoms with Gasteiger partial charge in [0, 0.05) is 30.8 Å². The molecule has 1 aliphatic rings. The first-order valence-corrected chi connectivity index (χ1v) is 9.76. The molecule has 1 amide bonds. The molecule has 1 aliphatic carbocycles. The van der Waals surface area contributed by atoms with Gasteiger partial charge in [-0.1, -0.05) is 11.6 Å². The van der Waals surface area contributed by atoms with Crippen molar-refractivity contribution < 1.29 is 13.6 Å². The predicted octanol–water partition coefficient (Wildman–Crippen LogP) is 4.03. The van der Waals surface area contributed by atoms with Crippen molar-refractivity contribution in [3.8, 4) is 5.69 Å². The smallest absolute Gasteiger partial charge is 0.282 e. The van der Waals surface area contributed by atoms with Gasteiger partial charge in [-0.25, -0.2) is 13.5 Å². The summed E-state index contributed by atoms with van der Waals surface area (Å²) in [6.07, 6.45) is 5.03. The topological polar surface area (TPSA) is 74.9 Å². The van der Waals surface area contributed by atoms with E-state index in [2.05, 4.69) is 10.1 Å². The molecule has 1 unspecified atom stereocenters. The van der Waals surface area contributed by atoms with Crippen LogP contribution in [0.1, 0.15) is 19.8 Å². The molecule has 0 bridgehead atoms. The van der Waals surface area contributed by atoms with Crippen molar-refractivity contribution >= 4 is 40.0 Å². The molecule has 1 fully saturated rings. The average molecular weight is 414 g/mol. The zero-order chi connectivity index (χ0) is 19.6. The van der Waals surface area contributed by atoms with Crippen molar-refractivity contribution in [1.82, 2.24) is 14.8 Å². The van der Waals surface area contributed by atoms with E-state index in [1.165, 1.54) is 9.58 Å². The lowest BCUT2D eigenvalue weighted by atomic mass is 10.3. The molecule has 3 rings (SSSR count). The average Bonchev–Trinajstić information content (AvgIpc) is 3.08. The minimum absolute atomic E-state index is 0.0982. The standard InChI is InChI=1S/C17H18ClF2N5OS/c1-2-24(16(26)15(21)27-7-5-11-8-17(11,19)20)13-10-25(23-14(13)18)12-4-3-6-22-9-12/h3-4,6,9-11,21H,2,5,7-8H2,1H3. The number of hydrogen-bond acceptors (Lipinski definition) is 5. The lowest BCUT2D eigenvalue weighted by Gasteiger charge is -2.19. The number of nitrogens with one attached hydrogen (secondary N) is 1. The second-order valence-corrected chi connectivity index (χ2v) is 7.60. The molecule has 0 aromatic carbocycles. The van der Waals surface area contributed by atoms with E-state index in [0.717, 1.165) is 11.8 Å². The number of pyridine rings is 1. The minimum Gasteiger partial charge on any atom is -0.303 e. The van der Waals surface area contributed by atoms with Gasteiger partial charge in [0.1, 0.15) is 5.69 Å². The molecule has 2 aromatic heterocycles. The van der Waals surface area contributed by atoms with Crippen LogP contribution in [0.15, 0.2) is 30.7 Å². The van der Waals surface area contributed by atoms with Gasteiger partial charge in [0.2, 0.25) is 0 Å². The lowest BCUT2D eigenvalue weighted by Crippen LogP contribution is -2.35. The second kappa shape index (κ2) is 7.93. The fraction of sp³-hybridized carbons (Fsp3) is 0.412. The highest BCUT2D eigenvalue weighted by atomic mass is 35.5. The number of carbonyl (C=O) groups is 1. The van der Waals surface area contributed by atoms with Crippen LogP contribution >= 0.6 is 23.4 Å². The fourth-order valence-electron chi connectivity index (χ4n) is 2.64. The van der Waals surface area contributed by atoms with Crippen molar-refractivity contribution in [1.29, 1.82) is 5.41 Å². The Kier molecular flexibility index (Phi) is 5.81. The van der Waals surface area contributed by atoms with Crippen LogP contribution in [0.25, 0.3) is 5.69 Å². The number of halogens is 3. The Bertz CT molecular complexity index is 845. The summed E-state index contributed by atoms with van der Waals surface area (Å²) in [6.45, 7) is 2.05.